The van der Waals surface area contributed by atoms with Gasteiger partial charge in [0.2, 0.25) is 15.8 Å². The van der Waals surface area contributed by atoms with Gasteiger partial charge in [0.1, 0.15) is 5.75 Å². The molecule has 1 N–H and O–H groups in total. The first-order chi connectivity index (χ1) is 16.1. The van der Waals surface area contributed by atoms with Crippen LogP contribution >= 0.6 is 23.2 Å². The minimum Gasteiger partial charge on any atom is -0.493 e. The van der Waals surface area contributed by atoms with Gasteiger partial charge in [-0.15, -0.1) is 5.10 Å². The number of halogens is 2. The summed E-state index contributed by atoms with van der Waals surface area (Å²) in [6.07, 6.45) is 0. The molecule has 10 nitrogen and oxygen atoms in total. The first kappa shape index (κ1) is 25.9. The number of hydrogen-bond donors (Lipinski definition) is 1. The second kappa shape index (κ2) is 10.7. The van der Waals surface area contributed by atoms with Crippen LogP contribution in [-0.2, 0) is 16.6 Å². The maximum absolute atomic E-state index is 12.8. The van der Waals surface area contributed by atoms with Gasteiger partial charge < -0.3 is 18.9 Å². The number of hydrogen-bond acceptors (Lipinski definition) is 8. The van der Waals surface area contributed by atoms with Crippen molar-refractivity contribution in [3.05, 3.63) is 46.2 Å². The molecule has 1 aromatic heterocycles. The Hall–Kier alpha value is -2.73. The molecule has 0 aliphatic carbocycles. The van der Waals surface area contributed by atoms with Crippen LogP contribution in [0.25, 0.3) is 0 Å². The van der Waals surface area contributed by atoms with Gasteiger partial charge >= 0.3 is 6.01 Å². The van der Waals surface area contributed by atoms with Crippen molar-refractivity contribution in [2.24, 2.45) is 0 Å². The van der Waals surface area contributed by atoms with Crippen molar-refractivity contribution in [3.8, 4) is 29.0 Å². The first-order valence-electron chi connectivity index (χ1n) is 10.0. The van der Waals surface area contributed by atoms with Gasteiger partial charge in [0.15, 0.2) is 17.3 Å². The molecular weight excluding hydrogens is 507 g/mol. The Labute approximate surface area is 207 Å². The molecule has 0 aliphatic heterocycles. The monoisotopic (exact) mass is 530 g/mol. The van der Waals surface area contributed by atoms with E-state index in [0.29, 0.717) is 35.4 Å². The quantitative estimate of drug-likeness (QED) is 0.408. The summed E-state index contributed by atoms with van der Waals surface area (Å²) in [6, 6.07) is 6.73. The highest BCUT2D eigenvalue weighted by molar-refractivity contribution is 7.89. The Morgan fingerprint density at radius 1 is 1.00 bits per heavy atom. The van der Waals surface area contributed by atoms with Crippen LogP contribution < -0.4 is 23.7 Å². The molecule has 0 radical (unpaired) electrons. The Balaban J connectivity index is 1.89. The van der Waals surface area contributed by atoms with Crippen LogP contribution in [0.4, 0.5) is 0 Å². The third-order valence-corrected chi connectivity index (χ3v) is 7.11. The summed E-state index contributed by atoms with van der Waals surface area (Å²) in [6.45, 7) is 3.92. The highest BCUT2D eigenvalue weighted by atomic mass is 35.5. The number of methoxy groups -OCH3 is 3. The molecule has 1 atom stereocenters. The summed E-state index contributed by atoms with van der Waals surface area (Å²) in [7, 11) is 0.583. The van der Waals surface area contributed by atoms with Crippen molar-refractivity contribution in [2.45, 2.75) is 31.3 Å². The number of ether oxygens (including phenoxy) is 4. The third kappa shape index (κ3) is 5.33. The van der Waals surface area contributed by atoms with Crippen LogP contribution in [0.3, 0.4) is 0 Å². The topological polar surface area (TPSA) is 114 Å². The van der Waals surface area contributed by atoms with E-state index in [4.69, 9.17) is 42.1 Å². The molecule has 0 aliphatic rings. The Morgan fingerprint density at radius 3 is 2.18 bits per heavy atom. The van der Waals surface area contributed by atoms with Gasteiger partial charge in [-0.3, -0.25) is 4.57 Å². The first-order valence-corrected chi connectivity index (χ1v) is 12.3. The second-order valence-corrected chi connectivity index (χ2v) is 9.50. The summed E-state index contributed by atoms with van der Waals surface area (Å²) in [5.41, 5.74) is 0. The Morgan fingerprint density at radius 2 is 1.65 bits per heavy atom. The zero-order valence-corrected chi connectivity index (χ0v) is 21.5. The summed E-state index contributed by atoms with van der Waals surface area (Å²) >= 11 is 11.9. The molecule has 0 saturated carbocycles. The number of aromatic nitrogens is 3. The van der Waals surface area contributed by atoms with E-state index >= 15 is 0 Å². The van der Waals surface area contributed by atoms with E-state index in [2.05, 4.69) is 14.9 Å². The molecule has 0 spiro atoms. The fourth-order valence-corrected chi connectivity index (χ4v) is 4.80. The van der Waals surface area contributed by atoms with Gasteiger partial charge in [-0.1, -0.05) is 28.3 Å². The Bertz CT molecular complexity index is 1260. The van der Waals surface area contributed by atoms with E-state index < -0.39 is 16.1 Å². The van der Waals surface area contributed by atoms with Crippen molar-refractivity contribution >= 4 is 33.2 Å². The normalized spacial score (nSPS) is 12.3. The summed E-state index contributed by atoms with van der Waals surface area (Å²) in [4.78, 5) is -0.0230. The van der Waals surface area contributed by atoms with Crippen molar-refractivity contribution in [2.75, 3.05) is 21.3 Å². The van der Waals surface area contributed by atoms with Gasteiger partial charge in [-0.25, -0.2) is 13.1 Å². The summed E-state index contributed by atoms with van der Waals surface area (Å²) in [5.74, 6) is 1.95. The van der Waals surface area contributed by atoms with Crippen molar-refractivity contribution in [1.29, 1.82) is 0 Å². The fourth-order valence-electron chi connectivity index (χ4n) is 3.21. The van der Waals surface area contributed by atoms with Gasteiger partial charge in [-0.05, 0) is 32.0 Å². The summed E-state index contributed by atoms with van der Waals surface area (Å²) < 4.78 is 51.8. The van der Waals surface area contributed by atoms with E-state index in [0.717, 1.165) is 0 Å². The molecule has 0 bridgehead atoms. The maximum Gasteiger partial charge on any atom is 0.322 e. The molecule has 2 aromatic carbocycles. The lowest BCUT2D eigenvalue weighted by Crippen LogP contribution is -2.29. The van der Waals surface area contributed by atoms with Gasteiger partial charge in [0, 0.05) is 18.7 Å². The molecule has 34 heavy (non-hydrogen) atoms. The highest BCUT2D eigenvalue weighted by Gasteiger charge is 2.25. The highest BCUT2D eigenvalue weighted by Crippen LogP contribution is 2.41. The number of sulfonamides is 1. The van der Waals surface area contributed by atoms with Crippen LogP contribution in [0.2, 0.25) is 10.0 Å². The van der Waals surface area contributed by atoms with Gasteiger partial charge in [0.25, 0.3) is 0 Å². The molecule has 0 saturated heterocycles. The lowest BCUT2D eigenvalue weighted by Gasteiger charge is -2.16. The van der Waals surface area contributed by atoms with Crippen LogP contribution in [0.15, 0.2) is 35.2 Å². The zero-order chi connectivity index (χ0) is 25.0. The van der Waals surface area contributed by atoms with Crippen LogP contribution in [0, 0.1) is 0 Å². The second-order valence-electron chi connectivity index (χ2n) is 6.97. The third-order valence-electron chi connectivity index (χ3n) is 4.83. The van der Waals surface area contributed by atoms with Crippen LogP contribution in [-0.4, -0.2) is 44.5 Å². The largest absolute Gasteiger partial charge is 0.493 e. The van der Waals surface area contributed by atoms with E-state index in [1.165, 1.54) is 39.5 Å². The lowest BCUT2D eigenvalue weighted by molar-refractivity contribution is 0.319. The molecule has 13 heteroatoms. The van der Waals surface area contributed by atoms with E-state index in [-0.39, 0.29) is 21.0 Å². The predicted molar refractivity (Wildman–Crippen MR) is 127 cm³/mol. The Kier molecular flexibility index (Phi) is 8.13. The predicted octanol–water partition coefficient (Wildman–Crippen LogP) is 4.46. The maximum atomic E-state index is 12.8. The SMILES string of the molecule is CCn1c(Oc2cc(OC)c(OC)c(OC)c2)nnc1[C@@H](C)NS(=O)(=O)c1ccc(Cl)c(Cl)c1. The molecule has 0 fully saturated rings. The van der Waals surface area contributed by atoms with E-state index in [1.807, 2.05) is 6.92 Å². The van der Waals surface area contributed by atoms with E-state index in [9.17, 15) is 8.42 Å². The number of rotatable bonds is 10. The van der Waals surface area contributed by atoms with Crippen LogP contribution in [0.1, 0.15) is 25.7 Å². The number of benzene rings is 2. The molecule has 184 valence electrons. The smallest absolute Gasteiger partial charge is 0.322 e. The van der Waals surface area contributed by atoms with Crippen molar-refractivity contribution in [1.82, 2.24) is 19.5 Å². The van der Waals surface area contributed by atoms with Crippen LogP contribution in [0.5, 0.6) is 29.0 Å². The van der Waals surface area contributed by atoms with Crippen molar-refractivity contribution < 1.29 is 27.4 Å². The molecule has 0 unspecified atom stereocenters. The average molecular weight is 531 g/mol. The standard InChI is InChI=1S/C21H24Cl2N4O6S/c1-6-27-20(12(2)26-34(28,29)14-7-8-15(22)16(23)11-14)24-25-21(27)33-13-9-17(30-3)19(32-5)18(10-13)31-4/h7-12,26H,6H2,1-5H3/t12-/m1/s1. The number of nitrogens with one attached hydrogen (secondary N) is 1. The minimum absolute atomic E-state index is 0.0230. The van der Waals surface area contributed by atoms with E-state index in [1.54, 1.807) is 23.6 Å². The molecular formula is C21H24Cl2N4O6S. The molecule has 0 amide bonds. The minimum atomic E-state index is -3.91. The molecule has 3 aromatic rings. The fraction of sp³-hybridized carbons (Fsp3) is 0.333. The zero-order valence-electron chi connectivity index (χ0n) is 19.1. The molecule has 1 heterocycles. The average Bonchev–Trinajstić information content (AvgIpc) is 3.22. The van der Waals surface area contributed by atoms with Gasteiger partial charge in [0.05, 0.1) is 42.3 Å². The van der Waals surface area contributed by atoms with Gasteiger partial charge in [-0.2, -0.15) is 0 Å². The summed E-state index contributed by atoms with van der Waals surface area (Å²) in [5, 5.41) is 8.62. The number of nitrogens with zero attached hydrogens (tertiary/aromatic N) is 3. The molecule has 3 rings (SSSR count). The van der Waals surface area contributed by atoms with Crippen molar-refractivity contribution in [3.63, 3.8) is 0 Å². The lowest BCUT2D eigenvalue weighted by atomic mass is 10.2.